The third kappa shape index (κ3) is 8.83. The smallest absolute Gasteiger partial charge is 0.272 e. The summed E-state index contributed by atoms with van der Waals surface area (Å²) in [5.74, 6) is 0.412. The Labute approximate surface area is 216 Å². The molecule has 37 heavy (non-hydrogen) atoms. The summed E-state index contributed by atoms with van der Waals surface area (Å²) in [6, 6.07) is 10.9. The van der Waals surface area contributed by atoms with Crippen LogP contribution in [-0.2, 0) is 0 Å². The van der Waals surface area contributed by atoms with Gasteiger partial charge < -0.3 is 19.8 Å². The van der Waals surface area contributed by atoms with E-state index in [4.69, 9.17) is 4.74 Å². The molecular formula is C26H32N6O5. The number of nitriles is 2. The first-order valence-corrected chi connectivity index (χ1v) is 12.3. The van der Waals surface area contributed by atoms with Gasteiger partial charge in [0.2, 0.25) is 0 Å². The van der Waals surface area contributed by atoms with Crippen LogP contribution in [0, 0.1) is 32.8 Å². The number of unbranched alkanes of at least 4 members (excludes halogenated alkanes) is 5. The topological polar surface area (TPSA) is 168 Å². The van der Waals surface area contributed by atoms with E-state index < -0.39 is 4.92 Å². The van der Waals surface area contributed by atoms with Gasteiger partial charge in [0, 0.05) is 37.0 Å². The van der Waals surface area contributed by atoms with Crippen molar-refractivity contribution in [1.29, 1.82) is 10.5 Å². The quantitative estimate of drug-likeness (QED) is 0.133. The number of hydrogen-bond donors (Lipinski definition) is 2. The van der Waals surface area contributed by atoms with Gasteiger partial charge in [-0.25, -0.2) is 0 Å². The fraction of sp³-hybridized carbons (Fsp3) is 0.462. The van der Waals surface area contributed by atoms with Gasteiger partial charge in [-0.2, -0.15) is 10.5 Å². The summed E-state index contributed by atoms with van der Waals surface area (Å²) >= 11 is 0. The van der Waals surface area contributed by atoms with Gasteiger partial charge in [0.05, 0.1) is 35.9 Å². The molecule has 11 heteroatoms. The second kappa shape index (κ2) is 15.8. The van der Waals surface area contributed by atoms with E-state index in [1.54, 1.807) is 23.1 Å². The van der Waals surface area contributed by atoms with Crippen LogP contribution in [0.4, 0.5) is 22.7 Å². The largest absolute Gasteiger partial charge is 0.491 e. The van der Waals surface area contributed by atoms with Crippen molar-refractivity contribution in [3.63, 3.8) is 0 Å². The molecule has 2 aromatic carbocycles. The minimum absolute atomic E-state index is 0.0660. The highest BCUT2D eigenvalue weighted by molar-refractivity contribution is 5.68. The van der Waals surface area contributed by atoms with E-state index >= 15 is 0 Å². The molecule has 196 valence electrons. The van der Waals surface area contributed by atoms with Crippen molar-refractivity contribution in [3.8, 4) is 17.9 Å². The van der Waals surface area contributed by atoms with Crippen LogP contribution in [0.5, 0.6) is 5.75 Å². The Hall–Kier alpha value is -4.06. The number of aliphatic hydroxyl groups excluding tert-OH is 2. The van der Waals surface area contributed by atoms with Crippen molar-refractivity contribution in [3.05, 3.63) is 51.6 Å². The van der Waals surface area contributed by atoms with Crippen LogP contribution in [0.1, 0.15) is 56.6 Å². The summed E-state index contributed by atoms with van der Waals surface area (Å²) in [4.78, 5) is 12.3. The normalized spacial score (nSPS) is 10.7. The Balaban J connectivity index is 2.37. The summed E-state index contributed by atoms with van der Waals surface area (Å²) < 4.78 is 6.02. The molecule has 0 bridgehead atoms. The Morgan fingerprint density at radius 3 is 2.16 bits per heavy atom. The average Bonchev–Trinajstić information content (AvgIpc) is 2.91. The predicted molar refractivity (Wildman–Crippen MR) is 138 cm³/mol. The highest BCUT2D eigenvalue weighted by Crippen LogP contribution is 2.36. The maximum Gasteiger partial charge on any atom is 0.272 e. The molecule has 0 aliphatic rings. The molecule has 0 atom stereocenters. The minimum atomic E-state index is -0.681. The Morgan fingerprint density at radius 2 is 1.59 bits per heavy atom. The van der Waals surface area contributed by atoms with Gasteiger partial charge in [0.1, 0.15) is 29.3 Å². The van der Waals surface area contributed by atoms with Crippen LogP contribution >= 0.6 is 0 Å². The van der Waals surface area contributed by atoms with Crippen molar-refractivity contribution in [2.75, 3.05) is 37.8 Å². The molecule has 2 aromatic rings. The van der Waals surface area contributed by atoms with Gasteiger partial charge in [0.15, 0.2) is 0 Å². The maximum atomic E-state index is 11.1. The van der Waals surface area contributed by atoms with Gasteiger partial charge >= 0.3 is 0 Å². The zero-order valence-corrected chi connectivity index (χ0v) is 21.0. The molecule has 0 radical (unpaired) electrons. The average molecular weight is 509 g/mol. The first-order valence-electron chi connectivity index (χ1n) is 12.3. The highest BCUT2D eigenvalue weighted by Gasteiger charge is 2.17. The van der Waals surface area contributed by atoms with Crippen molar-refractivity contribution >= 4 is 22.7 Å². The molecule has 0 aromatic heterocycles. The number of aliphatic hydroxyl groups is 2. The highest BCUT2D eigenvalue weighted by atomic mass is 16.6. The zero-order valence-electron chi connectivity index (χ0n) is 21.0. The van der Waals surface area contributed by atoms with Crippen molar-refractivity contribution in [2.24, 2.45) is 10.2 Å². The molecule has 0 aliphatic carbocycles. The lowest BCUT2D eigenvalue weighted by Crippen LogP contribution is -2.29. The number of non-ortho nitro benzene ring substituents is 1. The van der Waals surface area contributed by atoms with E-state index in [0.29, 0.717) is 36.8 Å². The first kappa shape index (κ1) is 29.2. The third-order valence-corrected chi connectivity index (χ3v) is 5.61. The second-order valence-electron chi connectivity index (χ2n) is 8.27. The van der Waals surface area contributed by atoms with Crippen LogP contribution in [0.3, 0.4) is 0 Å². The molecule has 0 saturated heterocycles. The Kier molecular flexibility index (Phi) is 12.5. The van der Waals surface area contributed by atoms with Gasteiger partial charge in [-0.3, -0.25) is 10.1 Å². The van der Waals surface area contributed by atoms with Crippen molar-refractivity contribution in [2.45, 2.75) is 45.4 Å². The molecule has 2 N–H and O–H groups in total. The number of nitro benzene ring substituents is 1. The van der Waals surface area contributed by atoms with E-state index in [1.165, 1.54) is 19.3 Å². The van der Waals surface area contributed by atoms with Crippen molar-refractivity contribution < 1.29 is 19.9 Å². The summed E-state index contributed by atoms with van der Waals surface area (Å²) in [6.07, 6.45) is 6.56. The number of nitrogens with zero attached hydrogens (tertiary/aromatic N) is 6. The van der Waals surface area contributed by atoms with Crippen LogP contribution in [0.15, 0.2) is 40.6 Å². The van der Waals surface area contributed by atoms with E-state index in [-0.39, 0.29) is 35.7 Å². The van der Waals surface area contributed by atoms with Crippen LogP contribution < -0.4 is 9.64 Å². The van der Waals surface area contributed by atoms with E-state index in [2.05, 4.69) is 17.2 Å². The van der Waals surface area contributed by atoms with E-state index in [9.17, 15) is 30.9 Å². The molecule has 0 saturated carbocycles. The van der Waals surface area contributed by atoms with Gasteiger partial charge in [-0.1, -0.05) is 39.0 Å². The molecule has 0 spiro atoms. The van der Waals surface area contributed by atoms with Crippen LogP contribution in [-0.4, -0.2) is 48.0 Å². The molecule has 2 rings (SSSR count). The number of rotatable bonds is 16. The fourth-order valence-corrected chi connectivity index (χ4v) is 3.68. The van der Waals surface area contributed by atoms with E-state index in [1.807, 2.05) is 12.1 Å². The number of benzene rings is 2. The SMILES string of the molecule is CCCCCCCCOc1cc(N(CCO)CCO)ccc1N=Nc1c(C#N)cc([N+](=O)[O-])cc1C#N. The summed E-state index contributed by atoms with van der Waals surface area (Å²) in [5.41, 5.74) is 0.325. The minimum Gasteiger partial charge on any atom is -0.491 e. The van der Waals surface area contributed by atoms with E-state index in [0.717, 1.165) is 31.4 Å². The number of nitro groups is 1. The molecule has 0 aliphatic heterocycles. The van der Waals surface area contributed by atoms with Crippen molar-refractivity contribution in [1.82, 2.24) is 0 Å². The Morgan fingerprint density at radius 1 is 0.973 bits per heavy atom. The summed E-state index contributed by atoms with van der Waals surface area (Å²) in [5, 5.41) is 57.1. The second-order valence-corrected chi connectivity index (χ2v) is 8.27. The monoisotopic (exact) mass is 508 g/mol. The lowest BCUT2D eigenvalue weighted by atomic mass is 10.1. The van der Waals surface area contributed by atoms with Gasteiger partial charge in [0.25, 0.3) is 5.69 Å². The molecule has 0 fully saturated rings. The molecule has 0 amide bonds. The summed E-state index contributed by atoms with van der Waals surface area (Å²) in [7, 11) is 0. The third-order valence-electron chi connectivity index (χ3n) is 5.61. The lowest BCUT2D eigenvalue weighted by Gasteiger charge is -2.23. The fourth-order valence-electron chi connectivity index (χ4n) is 3.68. The summed E-state index contributed by atoms with van der Waals surface area (Å²) in [6.45, 7) is 3.06. The first-order chi connectivity index (χ1) is 18.0. The molecule has 0 heterocycles. The number of azo groups is 1. The number of anilines is 1. The Bertz CT molecular complexity index is 1110. The number of hydrogen-bond acceptors (Lipinski definition) is 10. The predicted octanol–water partition coefficient (Wildman–Crippen LogP) is 5.28. The lowest BCUT2D eigenvalue weighted by molar-refractivity contribution is -0.384. The molecular weight excluding hydrogens is 476 g/mol. The molecule has 0 unspecified atom stereocenters. The van der Waals surface area contributed by atoms with Gasteiger partial charge in [-0.05, 0) is 18.6 Å². The number of ether oxygens (including phenoxy) is 1. The van der Waals surface area contributed by atoms with Crippen LogP contribution in [0.2, 0.25) is 0 Å². The maximum absolute atomic E-state index is 11.1. The van der Waals surface area contributed by atoms with Gasteiger partial charge in [-0.15, -0.1) is 10.2 Å². The molecule has 11 nitrogen and oxygen atoms in total. The van der Waals surface area contributed by atoms with Crippen LogP contribution in [0.25, 0.3) is 0 Å². The standard InChI is InChI=1S/C26H32N6O5/c1-2-3-4-5-6-7-14-37-25-17-22(31(10-12-33)11-13-34)8-9-24(25)29-30-26-20(18-27)15-23(32(35)36)16-21(26)19-28/h8-9,15-17,33-34H,2-7,10-14H2,1H3. The zero-order chi connectivity index (χ0) is 27.0.